The van der Waals surface area contributed by atoms with Crippen LogP contribution in [-0.4, -0.2) is 40.0 Å². The number of rotatable bonds is 3. The molecule has 120 valence electrons. The molecule has 22 heavy (non-hydrogen) atoms. The fourth-order valence-electron chi connectivity index (χ4n) is 2.35. The maximum absolute atomic E-state index is 12.2. The van der Waals surface area contributed by atoms with Crippen LogP contribution in [0.2, 0.25) is 0 Å². The number of piperidine rings is 1. The van der Waals surface area contributed by atoms with Crippen LogP contribution in [0.5, 0.6) is 0 Å². The molecule has 0 radical (unpaired) electrons. The first-order valence-corrected chi connectivity index (χ1v) is 8.25. The molecule has 1 aliphatic rings. The highest BCUT2D eigenvalue weighted by molar-refractivity contribution is 7.12. The summed E-state index contributed by atoms with van der Waals surface area (Å²) in [6.07, 6.45) is 6.44. The molecule has 0 saturated carbocycles. The molecule has 0 bridgehead atoms. The fourth-order valence-corrected chi connectivity index (χ4v) is 3.22. The van der Waals surface area contributed by atoms with Gasteiger partial charge in [0.05, 0.1) is 10.9 Å². The number of amides is 1. The van der Waals surface area contributed by atoms with Gasteiger partial charge in [-0.15, -0.1) is 11.3 Å². The lowest BCUT2D eigenvalue weighted by atomic mass is 9.98. The van der Waals surface area contributed by atoms with E-state index < -0.39 is 11.9 Å². The summed E-state index contributed by atoms with van der Waals surface area (Å²) >= 11 is 1.57. The third kappa shape index (κ3) is 4.16. The van der Waals surface area contributed by atoms with Gasteiger partial charge in [-0.2, -0.15) is 0 Å². The molecule has 1 N–H and O–H groups in total. The SMILES string of the molecule is CC(C)(C)c1ncc(C=CC(=O)N2CCCC(C(=O)O)C2)s1. The Balaban J connectivity index is 1.99. The van der Waals surface area contributed by atoms with Crippen LogP contribution < -0.4 is 0 Å². The molecule has 1 atom stereocenters. The topological polar surface area (TPSA) is 70.5 Å². The first-order valence-electron chi connectivity index (χ1n) is 7.43. The molecule has 0 aromatic carbocycles. The molecule has 0 aliphatic carbocycles. The van der Waals surface area contributed by atoms with E-state index in [-0.39, 0.29) is 11.3 Å². The minimum Gasteiger partial charge on any atom is -0.481 e. The number of carboxylic acids is 1. The molecule has 5 nitrogen and oxygen atoms in total. The van der Waals surface area contributed by atoms with Gasteiger partial charge in [0.15, 0.2) is 0 Å². The van der Waals surface area contributed by atoms with Crippen molar-refractivity contribution in [3.8, 4) is 0 Å². The van der Waals surface area contributed by atoms with Gasteiger partial charge in [-0.05, 0) is 18.9 Å². The van der Waals surface area contributed by atoms with Crippen molar-refractivity contribution in [1.82, 2.24) is 9.88 Å². The zero-order chi connectivity index (χ0) is 16.3. The van der Waals surface area contributed by atoms with E-state index >= 15 is 0 Å². The first-order chi connectivity index (χ1) is 10.3. The van der Waals surface area contributed by atoms with Crippen molar-refractivity contribution in [2.75, 3.05) is 13.1 Å². The van der Waals surface area contributed by atoms with Crippen molar-refractivity contribution in [3.05, 3.63) is 22.2 Å². The third-order valence-corrected chi connectivity index (χ3v) is 5.03. The second-order valence-electron chi connectivity index (χ2n) is 6.61. The first kappa shape index (κ1) is 16.7. The van der Waals surface area contributed by atoms with Crippen LogP contribution in [0.4, 0.5) is 0 Å². The standard InChI is InChI=1S/C16H22N2O3S/c1-16(2,3)15-17-9-12(22-15)6-7-13(19)18-8-4-5-11(10-18)14(20)21/h6-7,9,11H,4-5,8,10H2,1-3H3,(H,20,21). The number of nitrogens with zero attached hydrogens (tertiary/aromatic N) is 2. The molecule has 1 aliphatic heterocycles. The van der Waals surface area contributed by atoms with E-state index in [2.05, 4.69) is 25.8 Å². The van der Waals surface area contributed by atoms with Crippen molar-refractivity contribution >= 4 is 29.3 Å². The molecule has 0 spiro atoms. The number of likely N-dealkylation sites (tertiary alicyclic amines) is 1. The number of carboxylic acid groups (broad SMARTS) is 1. The number of thiazole rings is 1. The molecule has 2 rings (SSSR count). The second-order valence-corrected chi connectivity index (χ2v) is 7.67. The van der Waals surface area contributed by atoms with Gasteiger partial charge in [-0.25, -0.2) is 4.98 Å². The monoisotopic (exact) mass is 322 g/mol. The van der Waals surface area contributed by atoms with Crippen molar-refractivity contribution < 1.29 is 14.7 Å². The summed E-state index contributed by atoms with van der Waals surface area (Å²) in [6.45, 7) is 7.23. The lowest BCUT2D eigenvalue weighted by Crippen LogP contribution is -2.41. The molecule has 6 heteroatoms. The summed E-state index contributed by atoms with van der Waals surface area (Å²) in [5, 5.41) is 10.1. The summed E-state index contributed by atoms with van der Waals surface area (Å²) < 4.78 is 0. The minimum absolute atomic E-state index is 0.00233. The van der Waals surface area contributed by atoms with Gasteiger partial charge < -0.3 is 10.0 Å². The average Bonchev–Trinajstić information content (AvgIpc) is 2.94. The quantitative estimate of drug-likeness (QED) is 0.869. The molecule has 1 amide bonds. The zero-order valence-electron chi connectivity index (χ0n) is 13.2. The molecule has 2 heterocycles. The highest BCUT2D eigenvalue weighted by atomic mass is 32.1. The maximum Gasteiger partial charge on any atom is 0.308 e. The van der Waals surface area contributed by atoms with Gasteiger partial charge in [0.25, 0.3) is 0 Å². The second kappa shape index (κ2) is 6.60. The molecular weight excluding hydrogens is 300 g/mol. The number of carbonyl (C=O) groups is 2. The number of aromatic nitrogens is 1. The van der Waals surface area contributed by atoms with E-state index in [4.69, 9.17) is 5.11 Å². The van der Waals surface area contributed by atoms with Crippen LogP contribution in [0.3, 0.4) is 0 Å². The Morgan fingerprint density at radius 2 is 2.18 bits per heavy atom. The van der Waals surface area contributed by atoms with Gasteiger partial charge in [0.1, 0.15) is 0 Å². The smallest absolute Gasteiger partial charge is 0.308 e. The Hall–Kier alpha value is -1.69. The highest BCUT2D eigenvalue weighted by Gasteiger charge is 2.27. The predicted octanol–water partition coefficient (Wildman–Crippen LogP) is 2.78. The highest BCUT2D eigenvalue weighted by Crippen LogP contribution is 2.27. The van der Waals surface area contributed by atoms with Gasteiger partial charge in [-0.1, -0.05) is 20.8 Å². The summed E-state index contributed by atoms with van der Waals surface area (Å²) in [5.74, 6) is -1.39. The van der Waals surface area contributed by atoms with E-state index in [1.165, 1.54) is 6.08 Å². The number of hydrogen-bond donors (Lipinski definition) is 1. The lowest BCUT2D eigenvalue weighted by molar-refractivity contribution is -0.144. The van der Waals surface area contributed by atoms with Gasteiger partial charge in [-0.3, -0.25) is 9.59 Å². The Labute approximate surface area is 134 Å². The molecule has 1 unspecified atom stereocenters. The summed E-state index contributed by atoms with van der Waals surface area (Å²) in [6, 6.07) is 0. The van der Waals surface area contributed by atoms with Crippen molar-refractivity contribution in [2.24, 2.45) is 5.92 Å². The van der Waals surface area contributed by atoms with Crippen molar-refractivity contribution in [1.29, 1.82) is 0 Å². The fraction of sp³-hybridized carbons (Fsp3) is 0.562. The third-order valence-electron chi connectivity index (χ3n) is 3.64. The van der Waals surface area contributed by atoms with Crippen LogP contribution in [-0.2, 0) is 15.0 Å². The molecule has 1 fully saturated rings. The molecule has 1 saturated heterocycles. The molecule has 1 aromatic rings. The van der Waals surface area contributed by atoms with E-state index in [0.29, 0.717) is 19.5 Å². The van der Waals surface area contributed by atoms with Gasteiger partial charge >= 0.3 is 5.97 Å². The zero-order valence-corrected chi connectivity index (χ0v) is 14.0. The number of carbonyl (C=O) groups excluding carboxylic acids is 1. The number of aliphatic carboxylic acids is 1. The molecular formula is C16H22N2O3S. The van der Waals surface area contributed by atoms with E-state index in [9.17, 15) is 9.59 Å². The molecule has 1 aromatic heterocycles. The largest absolute Gasteiger partial charge is 0.481 e. The van der Waals surface area contributed by atoms with Crippen LogP contribution >= 0.6 is 11.3 Å². The van der Waals surface area contributed by atoms with Crippen LogP contribution in [0.25, 0.3) is 6.08 Å². The predicted molar refractivity (Wildman–Crippen MR) is 86.8 cm³/mol. The van der Waals surface area contributed by atoms with E-state index in [0.717, 1.165) is 16.3 Å². The summed E-state index contributed by atoms with van der Waals surface area (Å²) in [5.41, 5.74) is 0.00233. The van der Waals surface area contributed by atoms with Crippen LogP contribution in [0.15, 0.2) is 12.3 Å². The Kier molecular flexibility index (Phi) is 5.01. The lowest BCUT2D eigenvalue weighted by Gasteiger charge is -2.29. The van der Waals surface area contributed by atoms with Crippen molar-refractivity contribution in [3.63, 3.8) is 0 Å². The van der Waals surface area contributed by atoms with Crippen LogP contribution in [0, 0.1) is 5.92 Å². The number of hydrogen-bond acceptors (Lipinski definition) is 4. The van der Waals surface area contributed by atoms with Gasteiger partial charge in [0.2, 0.25) is 5.91 Å². The van der Waals surface area contributed by atoms with E-state index in [1.807, 2.05) is 0 Å². The Morgan fingerprint density at radius 3 is 2.77 bits per heavy atom. The summed E-state index contributed by atoms with van der Waals surface area (Å²) in [4.78, 5) is 30.1. The average molecular weight is 322 g/mol. The van der Waals surface area contributed by atoms with Gasteiger partial charge in [0, 0.05) is 35.7 Å². The summed E-state index contributed by atoms with van der Waals surface area (Å²) in [7, 11) is 0. The normalized spacial score (nSPS) is 19.6. The minimum atomic E-state index is -0.821. The Morgan fingerprint density at radius 1 is 1.45 bits per heavy atom. The van der Waals surface area contributed by atoms with Crippen molar-refractivity contribution in [2.45, 2.75) is 39.0 Å². The Bertz CT molecular complexity index is 586. The maximum atomic E-state index is 12.2. The van der Waals surface area contributed by atoms with E-state index in [1.54, 1.807) is 28.5 Å². The van der Waals surface area contributed by atoms with Crippen LogP contribution in [0.1, 0.15) is 43.5 Å².